The maximum Gasteiger partial charge on any atom is 0.307 e. The number of piperidine rings is 1. The predicted octanol–water partition coefficient (Wildman–Crippen LogP) is 1.34. The number of hydrogen-bond donors (Lipinski definition) is 0. The van der Waals surface area contributed by atoms with Gasteiger partial charge in [-0.2, -0.15) is 0 Å². The van der Waals surface area contributed by atoms with Gasteiger partial charge >= 0.3 is 11.9 Å². The van der Waals surface area contributed by atoms with Crippen LogP contribution in [-0.4, -0.2) is 114 Å². The van der Waals surface area contributed by atoms with Crippen LogP contribution in [0.3, 0.4) is 0 Å². The van der Waals surface area contributed by atoms with Crippen molar-refractivity contribution < 1.29 is 33.3 Å². The summed E-state index contributed by atoms with van der Waals surface area (Å²) in [4.78, 5) is 27.6. The van der Waals surface area contributed by atoms with Crippen molar-refractivity contribution in [2.45, 2.75) is 45.1 Å². The third-order valence-electron chi connectivity index (χ3n) is 5.16. The van der Waals surface area contributed by atoms with Gasteiger partial charge in [-0.05, 0) is 46.4 Å². The first-order chi connectivity index (χ1) is 15.0. The number of rotatable bonds is 18. The summed E-state index contributed by atoms with van der Waals surface area (Å²) in [5, 5.41) is 0. The zero-order valence-corrected chi connectivity index (χ0v) is 19.6. The molecule has 0 aliphatic carbocycles. The van der Waals surface area contributed by atoms with E-state index in [1.807, 2.05) is 6.92 Å². The average molecular weight is 447 g/mol. The molecule has 0 aromatic heterocycles. The maximum atomic E-state index is 11.9. The molecule has 1 saturated heterocycles. The number of hydrogen-bond acceptors (Lipinski definition) is 9. The van der Waals surface area contributed by atoms with E-state index in [0.717, 1.165) is 38.9 Å². The van der Waals surface area contributed by atoms with Crippen molar-refractivity contribution in [3.63, 3.8) is 0 Å². The summed E-state index contributed by atoms with van der Waals surface area (Å²) in [5.41, 5.74) is 0. The number of nitrogens with zero attached hydrogens (tertiary/aromatic N) is 2. The molecule has 9 nitrogen and oxygen atoms in total. The second kappa shape index (κ2) is 18.3. The molecule has 1 fully saturated rings. The highest BCUT2D eigenvalue weighted by Gasteiger charge is 2.20. The highest BCUT2D eigenvalue weighted by molar-refractivity contribution is 5.69. The Morgan fingerprint density at radius 2 is 1.26 bits per heavy atom. The quantitative estimate of drug-likeness (QED) is 0.229. The summed E-state index contributed by atoms with van der Waals surface area (Å²) in [7, 11) is 4.23. The molecular weight excluding hydrogens is 404 g/mol. The molecule has 0 radical (unpaired) electrons. The molecule has 0 aromatic carbocycles. The van der Waals surface area contributed by atoms with E-state index < -0.39 is 0 Å². The van der Waals surface area contributed by atoms with Crippen molar-refractivity contribution in [2.75, 3.05) is 86.6 Å². The number of esters is 2. The smallest absolute Gasteiger partial charge is 0.307 e. The number of ether oxygens (including phenoxy) is 5. The Morgan fingerprint density at radius 1 is 0.806 bits per heavy atom. The molecule has 1 heterocycles. The molecule has 1 rings (SSSR count). The highest BCUT2D eigenvalue weighted by atomic mass is 16.6. The first kappa shape index (κ1) is 27.8. The van der Waals surface area contributed by atoms with Crippen molar-refractivity contribution >= 4 is 11.9 Å². The van der Waals surface area contributed by atoms with Gasteiger partial charge in [0.2, 0.25) is 0 Å². The van der Waals surface area contributed by atoms with Crippen molar-refractivity contribution in [2.24, 2.45) is 0 Å². The first-order valence-corrected chi connectivity index (χ1v) is 11.5. The molecule has 0 atom stereocenters. The molecule has 0 spiro atoms. The number of carbonyl (C=O) groups is 2. The molecule has 0 aromatic rings. The minimum Gasteiger partial charge on any atom is -0.463 e. The molecule has 1 aliphatic heterocycles. The molecule has 31 heavy (non-hydrogen) atoms. The van der Waals surface area contributed by atoms with E-state index in [1.165, 1.54) is 0 Å². The highest BCUT2D eigenvalue weighted by Crippen LogP contribution is 2.14. The Bertz CT molecular complexity index is 471. The van der Waals surface area contributed by atoms with Crippen LogP contribution in [-0.2, 0) is 33.3 Å². The van der Waals surface area contributed by atoms with Crippen molar-refractivity contribution in [1.82, 2.24) is 9.80 Å². The molecule has 182 valence electrons. The SMILES string of the molecule is CCCC(=O)OCCOCCOCCOCCOC(=O)CCN(C)C1CCN(C)CC1. The van der Waals surface area contributed by atoms with Gasteiger partial charge in [0, 0.05) is 19.0 Å². The van der Waals surface area contributed by atoms with Crippen LogP contribution in [0.25, 0.3) is 0 Å². The summed E-state index contributed by atoms with van der Waals surface area (Å²) in [6.07, 6.45) is 3.94. The fraction of sp³-hybridized carbons (Fsp3) is 0.909. The van der Waals surface area contributed by atoms with Crippen LogP contribution in [0.15, 0.2) is 0 Å². The van der Waals surface area contributed by atoms with Gasteiger partial charge in [0.15, 0.2) is 0 Å². The van der Waals surface area contributed by atoms with E-state index in [1.54, 1.807) is 0 Å². The Labute approximate surface area is 187 Å². The fourth-order valence-corrected chi connectivity index (χ4v) is 3.21. The Hall–Kier alpha value is -1.26. The number of likely N-dealkylation sites (tertiary alicyclic amines) is 1. The Balaban J connectivity index is 1.82. The largest absolute Gasteiger partial charge is 0.463 e. The van der Waals surface area contributed by atoms with E-state index in [9.17, 15) is 9.59 Å². The van der Waals surface area contributed by atoms with Crippen LogP contribution in [0.1, 0.15) is 39.0 Å². The van der Waals surface area contributed by atoms with Crippen LogP contribution in [0, 0.1) is 0 Å². The number of carbonyl (C=O) groups excluding carboxylic acids is 2. The summed E-state index contributed by atoms with van der Waals surface area (Å²) in [6.45, 7) is 7.93. The zero-order valence-electron chi connectivity index (χ0n) is 19.6. The lowest BCUT2D eigenvalue weighted by atomic mass is 10.0. The van der Waals surface area contributed by atoms with E-state index in [2.05, 4.69) is 23.9 Å². The van der Waals surface area contributed by atoms with E-state index in [0.29, 0.717) is 58.5 Å². The molecular formula is C22H42N2O7. The first-order valence-electron chi connectivity index (χ1n) is 11.5. The van der Waals surface area contributed by atoms with Crippen LogP contribution in [0.2, 0.25) is 0 Å². The van der Waals surface area contributed by atoms with Crippen LogP contribution < -0.4 is 0 Å². The van der Waals surface area contributed by atoms with Crippen LogP contribution >= 0.6 is 0 Å². The summed E-state index contributed by atoms with van der Waals surface area (Å²) in [6, 6.07) is 0.557. The van der Waals surface area contributed by atoms with Gasteiger partial charge in [-0.15, -0.1) is 0 Å². The summed E-state index contributed by atoms with van der Waals surface area (Å²) < 4.78 is 26.3. The maximum absolute atomic E-state index is 11.9. The lowest BCUT2D eigenvalue weighted by molar-refractivity contribution is -0.146. The van der Waals surface area contributed by atoms with Crippen molar-refractivity contribution in [3.8, 4) is 0 Å². The van der Waals surface area contributed by atoms with Gasteiger partial charge in [-0.1, -0.05) is 6.92 Å². The monoisotopic (exact) mass is 446 g/mol. The van der Waals surface area contributed by atoms with Gasteiger partial charge in [0.05, 0.1) is 46.1 Å². The van der Waals surface area contributed by atoms with Gasteiger partial charge in [0.25, 0.3) is 0 Å². The minimum atomic E-state index is -0.190. The van der Waals surface area contributed by atoms with Gasteiger partial charge in [-0.3, -0.25) is 9.59 Å². The van der Waals surface area contributed by atoms with E-state index >= 15 is 0 Å². The molecule has 0 bridgehead atoms. The lowest BCUT2D eigenvalue weighted by Crippen LogP contribution is -2.42. The van der Waals surface area contributed by atoms with Gasteiger partial charge < -0.3 is 33.5 Å². The molecule has 0 saturated carbocycles. The van der Waals surface area contributed by atoms with Gasteiger partial charge in [0.1, 0.15) is 13.2 Å². The van der Waals surface area contributed by atoms with Crippen LogP contribution in [0.5, 0.6) is 0 Å². The van der Waals surface area contributed by atoms with E-state index in [4.69, 9.17) is 23.7 Å². The molecule has 9 heteroatoms. The third kappa shape index (κ3) is 15.2. The van der Waals surface area contributed by atoms with Crippen molar-refractivity contribution in [3.05, 3.63) is 0 Å². The zero-order chi connectivity index (χ0) is 22.7. The summed E-state index contributed by atoms with van der Waals surface area (Å²) in [5.74, 6) is -0.373. The lowest BCUT2D eigenvalue weighted by Gasteiger charge is -2.34. The summed E-state index contributed by atoms with van der Waals surface area (Å²) >= 11 is 0. The third-order valence-corrected chi connectivity index (χ3v) is 5.16. The molecule has 0 N–H and O–H groups in total. The molecule has 0 unspecified atom stereocenters. The molecule has 0 amide bonds. The average Bonchev–Trinajstić information content (AvgIpc) is 2.76. The van der Waals surface area contributed by atoms with Gasteiger partial charge in [-0.25, -0.2) is 0 Å². The van der Waals surface area contributed by atoms with E-state index in [-0.39, 0.29) is 25.2 Å². The minimum absolute atomic E-state index is 0.183. The second-order valence-corrected chi connectivity index (χ2v) is 7.79. The fourth-order valence-electron chi connectivity index (χ4n) is 3.21. The standard InChI is InChI=1S/C22H42N2O7/c1-4-5-21(25)30-18-16-28-14-12-27-13-15-29-17-19-31-22(26)8-11-24(3)20-6-9-23(2)10-7-20/h20H,4-19H2,1-3H3. The predicted molar refractivity (Wildman–Crippen MR) is 117 cm³/mol. The van der Waals surface area contributed by atoms with Crippen LogP contribution in [0.4, 0.5) is 0 Å². The Kier molecular flexibility index (Phi) is 16.4. The normalized spacial score (nSPS) is 15.4. The second-order valence-electron chi connectivity index (χ2n) is 7.79. The molecule has 1 aliphatic rings. The Morgan fingerprint density at radius 3 is 1.74 bits per heavy atom. The topological polar surface area (TPSA) is 86.8 Å². The van der Waals surface area contributed by atoms with Crippen molar-refractivity contribution in [1.29, 1.82) is 0 Å².